The molecule has 0 aliphatic carbocycles. The van der Waals surface area contributed by atoms with Crippen molar-refractivity contribution >= 4 is 15.9 Å². The highest BCUT2D eigenvalue weighted by molar-refractivity contribution is 7.89. The number of carbonyl (C=O) groups is 1. The Morgan fingerprint density at radius 2 is 1.83 bits per heavy atom. The summed E-state index contributed by atoms with van der Waals surface area (Å²) >= 11 is 0. The number of hydrogen-bond donors (Lipinski definition) is 1. The first-order chi connectivity index (χ1) is 14.0. The SMILES string of the molecule is O=C(c1cccc(S(=O)(=O)NCC2CCCO2)c1)N1CCC(N2CCCC2)CC1. The minimum Gasteiger partial charge on any atom is -0.377 e. The van der Waals surface area contributed by atoms with Gasteiger partial charge >= 0.3 is 0 Å². The fourth-order valence-electron chi connectivity index (χ4n) is 4.61. The highest BCUT2D eigenvalue weighted by Gasteiger charge is 2.29. The largest absolute Gasteiger partial charge is 0.377 e. The Morgan fingerprint density at radius 1 is 1.07 bits per heavy atom. The molecule has 1 atom stereocenters. The number of amides is 1. The molecule has 1 aromatic carbocycles. The van der Waals surface area contributed by atoms with Crippen molar-refractivity contribution in [3.05, 3.63) is 29.8 Å². The number of likely N-dealkylation sites (tertiary alicyclic amines) is 2. The molecule has 0 radical (unpaired) electrons. The van der Waals surface area contributed by atoms with Gasteiger partial charge in [0.15, 0.2) is 0 Å². The molecule has 4 rings (SSSR count). The van der Waals surface area contributed by atoms with Crippen LogP contribution in [0.3, 0.4) is 0 Å². The average molecular weight is 422 g/mol. The van der Waals surface area contributed by atoms with Crippen molar-refractivity contribution in [3.63, 3.8) is 0 Å². The third-order valence-corrected chi connectivity index (χ3v) is 7.75. The number of carbonyl (C=O) groups excluding carboxylic acids is 1. The molecule has 1 N–H and O–H groups in total. The smallest absolute Gasteiger partial charge is 0.253 e. The van der Waals surface area contributed by atoms with Crippen molar-refractivity contribution in [2.45, 2.75) is 55.6 Å². The number of benzene rings is 1. The number of hydrogen-bond acceptors (Lipinski definition) is 5. The average Bonchev–Trinajstić information content (AvgIpc) is 3.46. The fourth-order valence-corrected chi connectivity index (χ4v) is 5.72. The van der Waals surface area contributed by atoms with Crippen LogP contribution in [0.15, 0.2) is 29.2 Å². The number of sulfonamides is 1. The van der Waals surface area contributed by atoms with Gasteiger partial charge < -0.3 is 14.5 Å². The monoisotopic (exact) mass is 421 g/mol. The van der Waals surface area contributed by atoms with E-state index in [4.69, 9.17) is 4.74 Å². The first-order valence-electron chi connectivity index (χ1n) is 10.8. The van der Waals surface area contributed by atoms with Gasteiger partial charge in [0.25, 0.3) is 5.91 Å². The maximum absolute atomic E-state index is 13.0. The molecule has 1 unspecified atom stereocenters. The number of piperidine rings is 1. The Labute approximate surface area is 173 Å². The predicted octanol–water partition coefficient (Wildman–Crippen LogP) is 1.84. The van der Waals surface area contributed by atoms with Crippen LogP contribution in [0.1, 0.15) is 48.9 Å². The van der Waals surface area contributed by atoms with E-state index in [0.717, 1.165) is 38.8 Å². The van der Waals surface area contributed by atoms with Crippen LogP contribution in [0.4, 0.5) is 0 Å². The second kappa shape index (κ2) is 9.12. The molecule has 0 saturated carbocycles. The summed E-state index contributed by atoms with van der Waals surface area (Å²) in [5.74, 6) is -0.0824. The fraction of sp³-hybridized carbons (Fsp3) is 0.667. The summed E-state index contributed by atoms with van der Waals surface area (Å²) in [6, 6.07) is 6.95. The highest BCUT2D eigenvalue weighted by Crippen LogP contribution is 2.23. The maximum atomic E-state index is 13.0. The molecule has 0 bridgehead atoms. The van der Waals surface area contributed by atoms with Gasteiger partial charge in [0.05, 0.1) is 11.0 Å². The third kappa shape index (κ3) is 4.99. The van der Waals surface area contributed by atoms with E-state index in [1.54, 1.807) is 12.1 Å². The summed E-state index contributed by atoms with van der Waals surface area (Å²) in [5.41, 5.74) is 0.435. The zero-order valence-electron chi connectivity index (χ0n) is 16.9. The van der Waals surface area contributed by atoms with E-state index in [2.05, 4.69) is 9.62 Å². The molecule has 0 spiro atoms. The zero-order chi connectivity index (χ0) is 20.3. The van der Waals surface area contributed by atoms with Gasteiger partial charge in [-0.25, -0.2) is 13.1 Å². The molecule has 0 aromatic heterocycles. The van der Waals surface area contributed by atoms with Crippen LogP contribution in [0.25, 0.3) is 0 Å². The second-order valence-electron chi connectivity index (χ2n) is 8.28. The van der Waals surface area contributed by atoms with Crippen molar-refractivity contribution < 1.29 is 17.9 Å². The Morgan fingerprint density at radius 3 is 2.52 bits per heavy atom. The lowest BCUT2D eigenvalue weighted by Crippen LogP contribution is -2.45. The van der Waals surface area contributed by atoms with Crippen LogP contribution in [0.2, 0.25) is 0 Å². The van der Waals surface area contributed by atoms with Gasteiger partial charge in [-0.15, -0.1) is 0 Å². The summed E-state index contributed by atoms with van der Waals surface area (Å²) in [4.78, 5) is 17.5. The first kappa shape index (κ1) is 20.8. The number of nitrogens with zero attached hydrogens (tertiary/aromatic N) is 2. The first-order valence-corrected chi connectivity index (χ1v) is 12.3. The van der Waals surface area contributed by atoms with Crippen LogP contribution in [0, 0.1) is 0 Å². The van der Waals surface area contributed by atoms with Crippen molar-refractivity contribution in [1.29, 1.82) is 0 Å². The van der Waals surface area contributed by atoms with Crippen LogP contribution >= 0.6 is 0 Å². The van der Waals surface area contributed by atoms with E-state index in [1.807, 2.05) is 4.90 Å². The molecule has 3 heterocycles. The lowest BCUT2D eigenvalue weighted by Gasteiger charge is -2.36. The standard InChI is InChI=1S/C21H31N3O4S/c25-21(24-12-8-18(9-13-24)23-10-1-2-11-23)17-5-3-7-20(15-17)29(26,27)22-16-19-6-4-14-28-19/h3,5,7,15,18-19,22H,1-2,4,6,8-14,16H2. The molecule has 3 saturated heterocycles. The van der Waals surface area contributed by atoms with Gasteiger partial charge in [0, 0.05) is 37.8 Å². The van der Waals surface area contributed by atoms with Crippen LogP contribution in [0.5, 0.6) is 0 Å². The third-order valence-electron chi connectivity index (χ3n) is 6.33. The van der Waals surface area contributed by atoms with Crippen molar-refractivity contribution in [3.8, 4) is 0 Å². The Kier molecular flexibility index (Phi) is 6.53. The normalized spacial score (nSPS) is 24.3. The molecule has 160 valence electrons. The second-order valence-corrected chi connectivity index (χ2v) is 10.0. The van der Waals surface area contributed by atoms with Gasteiger partial charge in [-0.2, -0.15) is 0 Å². The van der Waals surface area contributed by atoms with Gasteiger partial charge in [-0.05, 0) is 69.8 Å². The van der Waals surface area contributed by atoms with E-state index in [9.17, 15) is 13.2 Å². The Bertz CT molecular complexity index is 809. The number of ether oxygens (including phenoxy) is 1. The summed E-state index contributed by atoms with van der Waals surface area (Å²) in [5, 5.41) is 0. The van der Waals surface area contributed by atoms with E-state index < -0.39 is 10.0 Å². The predicted molar refractivity (Wildman–Crippen MR) is 110 cm³/mol. The van der Waals surface area contributed by atoms with Gasteiger partial charge in [-0.3, -0.25) is 4.79 Å². The summed E-state index contributed by atoms with van der Waals surface area (Å²) in [6.45, 7) is 4.77. The Balaban J connectivity index is 1.36. The van der Waals surface area contributed by atoms with E-state index in [0.29, 0.717) is 18.2 Å². The molecular formula is C21H31N3O4S. The van der Waals surface area contributed by atoms with Crippen molar-refractivity contribution in [2.75, 3.05) is 39.3 Å². The topological polar surface area (TPSA) is 78.9 Å². The molecule has 3 aliphatic rings. The van der Waals surface area contributed by atoms with Crippen LogP contribution in [-0.4, -0.2) is 75.6 Å². The lowest BCUT2D eigenvalue weighted by atomic mass is 10.0. The Hall–Kier alpha value is -1.48. The molecule has 1 amide bonds. The highest BCUT2D eigenvalue weighted by atomic mass is 32.2. The lowest BCUT2D eigenvalue weighted by molar-refractivity contribution is 0.0644. The molecular weight excluding hydrogens is 390 g/mol. The molecule has 3 fully saturated rings. The summed E-state index contributed by atoms with van der Waals surface area (Å²) < 4.78 is 33.4. The van der Waals surface area contributed by atoms with E-state index >= 15 is 0 Å². The van der Waals surface area contributed by atoms with E-state index in [-0.39, 0.29) is 23.5 Å². The minimum atomic E-state index is -3.66. The quantitative estimate of drug-likeness (QED) is 0.758. The zero-order valence-corrected chi connectivity index (χ0v) is 17.7. The number of rotatable bonds is 6. The maximum Gasteiger partial charge on any atom is 0.253 e. The van der Waals surface area contributed by atoms with Crippen LogP contribution in [-0.2, 0) is 14.8 Å². The van der Waals surface area contributed by atoms with Gasteiger partial charge in [0.2, 0.25) is 10.0 Å². The molecule has 3 aliphatic heterocycles. The molecule has 1 aromatic rings. The van der Waals surface area contributed by atoms with Crippen LogP contribution < -0.4 is 4.72 Å². The summed E-state index contributed by atoms with van der Waals surface area (Å²) in [7, 11) is -3.66. The summed E-state index contributed by atoms with van der Waals surface area (Å²) in [6.07, 6.45) is 6.31. The molecule has 7 nitrogen and oxygen atoms in total. The van der Waals surface area contributed by atoms with Crippen molar-refractivity contribution in [2.24, 2.45) is 0 Å². The van der Waals surface area contributed by atoms with Crippen molar-refractivity contribution in [1.82, 2.24) is 14.5 Å². The minimum absolute atomic E-state index is 0.0634. The number of nitrogens with one attached hydrogen (secondary N) is 1. The molecule has 29 heavy (non-hydrogen) atoms. The van der Waals surface area contributed by atoms with Gasteiger partial charge in [0.1, 0.15) is 0 Å². The molecule has 8 heteroatoms. The van der Waals surface area contributed by atoms with E-state index in [1.165, 1.54) is 38.1 Å². The van der Waals surface area contributed by atoms with Gasteiger partial charge in [-0.1, -0.05) is 6.07 Å².